The zero-order valence-electron chi connectivity index (χ0n) is 23.0. The molecule has 0 bridgehead atoms. The van der Waals surface area contributed by atoms with E-state index in [1.807, 2.05) is 6.26 Å². The molecule has 2 aromatic heterocycles. The number of thioether (sulfide) groups is 1. The molecule has 1 saturated heterocycles. The number of nitrogens with zero attached hydrogens (tertiary/aromatic N) is 4. The van der Waals surface area contributed by atoms with Gasteiger partial charge in [-0.2, -0.15) is 30.0 Å². The third-order valence-corrected chi connectivity index (χ3v) is 11.4. The Kier molecular flexibility index (Phi) is 8.09. The zero-order valence-corrected chi connectivity index (χ0v) is 24.6. The molecule has 2 saturated carbocycles. The Balaban J connectivity index is 1.13. The summed E-state index contributed by atoms with van der Waals surface area (Å²) in [4.78, 5) is 57.5. The number of ketones is 2. The predicted octanol–water partition coefficient (Wildman–Crippen LogP) is 4.32. The van der Waals surface area contributed by atoms with Crippen molar-refractivity contribution in [3.05, 3.63) is 27.8 Å². The summed E-state index contributed by atoms with van der Waals surface area (Å²) in [6.45, 7) is 4.17. The largest absolute Gasteiger partial charge is 0.435 e. The maximum atomic E-state index is 12.9. The van der Waals surface area contributed by atoms with Gasteiger partial charge in [-0.3, -0.25) is 23.9 Å². The van der Waals surface area contributed by atoms with Crippen LogP contribution in [0.2, 0.25) is 0 Å². The van der Waals surface area contributed by atoms with Crippen molar-refractivity contribution in [2.24, 2.45) is 17.8 Å². The molecule has 5 rings (SSSR count). The lowest BCUT2D eigenvalue weighted by Crippen LogP contribution is -2.44. The second-order valence-corrected chi connectivity index (χ2v) is 13.3. The van der Waals surface area contributed by atoms with Crippen LogP contribution in [-0.4, -0.2) is 67.1 Å². The van der Waals surface area contributed by atoms with Crippen LogP contribution in [0.3, 0.4) is 0 Å². The van der Waals surface area contributed by atoms with Gasteiger partial charge in [-0.25, -0.2) is 4.98 Å². The molecule has 1 N–H and O–H groups in total. The number of halogens is 3. The standard InChI is InChI=1S/C27H32F3N5O4S2/c1-14-11-26(14,40-3)17-9-18(36)23(19(37)10-17)24(39)31-21-13-41-25(32-21)16-4-6-34(7-5-16)22(38)12-35-15(2)8-20(33-35)27(28,29)30/h8,13-14,16-17,23H,4-7,9-12H2,1-3H3,(H,31,39). The van der Waals surface area contributed by atoms with Gasteiger partial charge in [0.1, 0.15) is 12.4 Å². The number of hydrogen-bond donors (Lipinski definition) is 1. The summed E-state index contributed by atoms with van der Waals surface area (Å²) in [5.41, 5.74) is -0.762. The quantitative estimate of drug-likeness (QED) is 0.464. The van der Waals surface area contributed by atoms with Crippen molar-refractivity contribution in [2.75, 3.05) is 24.7 Å². The minimum absolute atomic E-state index is 0.0268. The normalized spacial score (nSPS) is 27.3. The fraction of sp³-hybridized carbons (Fsp3) is 0.630. The minimum atomic E-state index is -4.57. The first-order valence-electron chi connectivity index (χ1n) is 13.6. The maximum Gasteiger partial charge on any atom is 0.435 e. The molecule has 2 unspecified atom stereocenters. The highest BCUT2D eigenvalue weighted by Crippen LogP contribution is 2.60. The first kappa shape index (κ1) is 29.7. The van der Waals surface area contributed by atoms with Crippen LogP contribution in [-0.2, 0) is 31.9 Å². The molecule has 222 valence electrons. The van der Waals surface area contributed by atoms with E-state index < -0.39 is 23.7 Å². The molecular formula is C27H32F3N5O4S2. The van der Waals surface area contributed by atoms with Gasteiger partial charge in [0.25, 0.3) is 0 Å². The van der Waals surface area contributed by atoms with Crippen molar-refractivity contribution in [2.45, 2.75) is 69.3 Å². The van der Waals surface area contributed by atoms with Gasteiger partial charge < -0.3 is 10.2 Å². The topological polar surface area (TPSA) is 114 Å². The summed E-state index contributed by atoms with van der Waals surface area (Å²) in [6, 6.07) is 0.921. The Morgan fingerprint density at radius 3 is 2.37 bits per heavy atom. The molecule has 0 radical (unpaired) electrons. The number of anilines is 1. The lowest BCUT2D eigenvalue weighted by molar-refractivity contribution is -0.143. The van der Waals surface area contributed by atoms with E-state index in [9.17, 15) is 32.3 Å². The van der Waals surface area contributed by atoms with Crippen LogP contribution in [0.5, 0.6) is 0 Å². The zero-order chi connectivity index (χ0) is 29.7. The van der Waals surface area contributed by atoms with E-state index in [1.54, 1.807) is 22.0 Å². The molecule has 41 heavy (non-hydrogen) atoms. The summed E-state index contributed by atoms with van der Waals surface area (Å²) in [5, 5.41) is 8.64. The highest BCUT2D eigenvalue weighted by atomic mass is 32.2. The summed E-state index contributed by atoms with van der Waals surface area (Å²) >= 11 is 3.07. The number of alkyl halides is 3. The van der Waals surface area contributed by atoms with Gasteiger partial charge in [0.15, 0.2) is 23.2 Å². The third-order valence-electron chi connectivity index (χ3n) is 8.70. The molecule has 1 aliphatic heterocycles. The lowest BCUT2D eigenvalue weighted by Gasteiger charge is -2.31. The van der Waals surface area contributed by atoms with Gasteiger partial charge in [0.05, 0.1) is 5.01 Å². The van der Waals surface area contributed by atoms with Gasteiger partial charge in [-0.1, -0.05) is 6.92 Å². The monoisotopic (exact) mass is 611 g/mol. The number of likely N-dealkylation sites (tertiary alicyclic amines) is 1. The number of carbonyl (C=O) groups is 4. The summed E-state index contributed by atoms with van der Waals surface area (Å²) in [6.07, 6.45) is 0.106. The van der Waals surface area contributed by atoms with Crippen molar-refractivity contribution in [1.82, 2.24) is 19.7 Å². The predicted molar refractivity (Wildman–Crippen MR) is 148 cm³/mol. The number of nitrogens with one attached hydrogen (secondary N) is 1. The van der Waals surface area contributed by atoms with Crippen molar-refractivity contribution in [3.63, 3.8) is 0 Å². The van der Waals surface area contributed by atoms with E-state index >= 15 is 0 Å². The SMILES string of the molecule is CSC1(C2CC(=O)C(C(=O)Nc3csc(C4CCN(C(=O)Cn5nc(C(F)(F)F)cc5C)CC4)n3)C(=O)C2)CC1C. The van der Waals surface area contributed by atoms with E-state index in [1.165, 1.54) is 18.3 Å². The first-order chi connectivity index (χ1) is 19.3. The van der Waals surface area contributed by atoms with E-state index in [0.717, 1.165) is 22.2 Å². The second-order valence-electron chi connectivity index (χ2n) is 11.3. The summed E-state index contributed by atoms with van der Waals surface area (Å²) < 4.78 is 39.8. The number of amides is 2. The number of hydrogen-bond acceptors (Lipinski definition) is 8. The van der Waals surface area contributed by atoms with E-state index in [0.29, 0.717) is 37.7 Å². The summed E-state index contributed by atoms with van der Waals surface area (Å²) in [7, 11) is 0. The highest BCUT2D eigenvalue weighted by Gasteiger charge is 2.59. The molecule has 2 atom stereocenters. The van der Waals surface area contributed by atoms with Gasteiger partial charge in [-0.15, -0.1) is 11.3 Å². The second kappa shape index (κ2) is 11.2. The molecule has 2 aliphatic carbocycles. The number of Topliss-reactive ketones (excluding diaryl/α,β-unsaturated/α-hetero) is 2. The Bertz CT molecular complexity index is 1340. The Labute approximate surface area is 243 Å². The van der Waals surface area contributed by atoms with Crippen LogP contribution in [0.4, 0.5) is 19.0 Å². The van der Waals surface area contributed by atoms with E-state index in [-0.39, 0.29) is 59.1 Å². The molecule has 3 fully saturated rings. The van der Waals surface area contributed by atoms with Crippen molar-refractivity contribution >= 4 is 52.3 Å². The van der Waals surface area contributed by atoms with E-state index in [4.69, 9.17) is 0 Å². The van der Waals surface area contributed by atoms with Crippen molar-refractivity contribution in [3.8, 4) is 0 Å². The molecular weight excluding hydrogens is 579 g/mol. The van der Waals surface area contributed by atoms with Crippen LogP contribution in [0.15, 0.2) is 11.4 Å². The van der Waals surface area contributed by atoms with Crippen LogP contribution in [0, 0.1) is 24.7 Å². The highest BCUT2D eigenvalue weighted by molar-refractivity contribution is 8.00. The van der Waals surface area contributed by atoms with Crippen molar-refractivity contribution < 1.29 is 32.3 Å². The molecule has 9 nitrogen and oxygen atoms in total. The first-order valence-corrected chi connectivity index (χ1v) is 15.7. The van der Waals surface area contributed by atoms with E-state index in [2.05, 4.69) is 22.3 Å². The number of carbonyl (C=O) groups excluding carboxylic acids is 4. The molecule has 0 spiro atoms. The molecule has 2 aromatic rings. The fourth-order valence-corrected chi connectivity index (χ4v) is 8.44. The molecule has 3 aliphatic rings. The smallest absolute Gasteiger partial charge is 0.341 e. The fourth-order valence-electron chi connectivity index (χ4n) is 6.19. The van der Waals surface area contributed by atoms with Gasteiger partial charge >= 0.3 is 6.18 Å². The molecule has 2 amide bonds. The molecule has 0 aromatic carbocycles. The minimum Gasteiger partial charge on any atom is -0.341 e. The van der Waals surface area contributed by atoms with Gasteiger partial charge in [0.2, 0.25) is 11.8 Å². The number of aromatic nitrogens is 3. The van der Waals surface area contributed by atoms with Crippen LogP contribution in [0.25, 0.3) is 0 Å². The van der Waals surface area contributed by atoms with Crippen LogP contribution < -0.4 is 5.32 Å². The average molecular weight is 612 g/mol. The Hall–Kier alpha value is -2.74. The average Bonchev–Trinajstić information content (AvgIpc) is 3.18. The van der Waals surface area contributed by atoms with Gasteiger partial charge in [-0.05, 0) is 50.3 Å². The van der Waals surface area contributed by atoms with Crippen LogP contribution >= 0.6 is 23.1 Å². The number of thiazole rings is 1. The van der Waals surface area contributed by atoms with Crippen LogP contribution in [0.1, 0.15) is 61.3 Å². The maximum absolute atomic E-state index is 12.9. The van der Waals surface area contributed by atoms with Crippen molar-refractivity contribution in [1.29, 1.82) is 0 Å². The number of aryl methyl sites for hydroxylation is 1. The molecule has 14 heteroatoms. The lowest BCUT2D eigenvalue weighted by atomic mass is 9.76. The molecule has 3 heterocycles. The van der Waals surface area contributed by atoms with Gasteiger partial charge in [0, 0.05) is 47.7 Å². The Morgan fingerprint density at radius 1 is 1.20 bits per heavy atom. The third kappa shape index (κ3) is 5.95. The number of piperidine rings is 1. The summed E-state index contributed by atoms with van der Waals surface area (Å²) in [5.74, 6) is -2.14. The number of rotatable bonds is 7. The Morgan fingerprint density at radius 2 is 1.83 bits per heavy atom.